The molecule has 1 aliphatic heterocycles. The summed E-state index contributed by atoms with van der Waals surface area (Å²) in [4.78, 5) is 4.50. The molecule has 0 aromatic carbocycles. The first-order valence-electron chi connectivity index (χ1n) is 13.2. The highest BCUT2D eigenvalue weighted by molar-refractivity contribution is 4.63. The molecule has 1 saturated heterocycles. The van der Waals surface area contributed by atoms with Crippen LogP contribution in [0.25, 0.3) is 0 Å². The number of unbranched alkanes of at least 4 members (excludes halogenated alkanes) is 2. The zero-order chi connectivity index (χ0) is 27.4. The van der Waals surface area contributed by atoms with Gasteiger partial charge < -0.3 is 58.8 Å². The van der Waals surface area contributed by atoms with Crippen molar-refractivity contribution in [2.45, 2.75) is 44.9 Å². The summed E-state index contributed by atoms with van der Waals surface area (Å²) in [6.07, 6.45) is 8.57. The third kappa shape index (κ3) is 55.4. The number of aliphatic hydroxyl groups excluding tert-OH is 1. The molecule has 1 aliphatic rings. The van der Waals surface area contributed by atoms with Crippen molar-refractivity contribution in [2.24, 2.45) is 34.4 Å². The zero-order valence-corrected chi connectivity index (χ0v) is 23.5. The second-order valence-electron chi connectivity index (χ2n) is 8.18. The number of hydrogen-bond donors (Lipinski definition) is 7. The largest absolute Gasteiger partial charge is 0.394 e. The smallest absolute Gasteiger partial charge is 0.0698 e. The van der Waals surface area contributed by atoms with Crippen LogP contribution in [-0.4, -0.2) is 128 Å². The Kier molecular flexibility index (Phi) is 51.9. The summed E-state index contributed by atoms with van der Waals surface area (Å²) in [6.45, 7) is 10.9. The van der Waals surface area contributed by atoms with E-state index in [0.29, 0.717) is 19.8 Å². The number of piperidine rings is 1. The van der Waals surface area contributed by atoms with E-state index in [1.165, 1.54) is 38.8 Å². The third-order valence-electron chi connectivity index (χ3n) is 4.43. The number of aliphatic hydroxyl groups is 1. The minimum atomic E-state index is 0.0833. The highest BCUT2D eigenvalue weighted by atomic mass is 16.5. The van der Waals surface area contributed by atoms with E-state index in [4.69, 9.17) is 49.0 Å². The second-order valence-corrected chi connectivity index (χ2v) is 8.18. The fourth-order valence-electron chi connectivity index (χ4n) is 2.57. The van der Waals surface area contributed by atoms with Gasteiger partial charge in [-0.25, -0.2) is 0 Å². The van der Waals surface area contributed by atoms with Gasteiger partial charge in [-0.3, -0.25) is 0 Å². The van der Waals surface area contributed by atoms with Crippen molar-refractivity contribution in [3.8, 4) is 0 Å². The lowest BCUT2D eigenvalue weighted by molar-refractivity contribution is 0.0976. The van der Waals surface area contributed by atoms with E-state index in [2.05, 4.69) is 9.80 Å². The van der Waals surface area contributed by atoms with Crippen molar-refractivity contribution in [3.05, 3.63) is 0 Å². The molecular weight excluding hydrogens is 448 g/mol. The monoisotopic (exact) mass is 513 g/mol. The van der Waals surface area contributed by atoms with Crippen LogP contribution in [0.1, 0.15) is 44.9 Å². The number of nitrogens with two attached hydrogens (primary N) is 6. The van der Waals surface area contributed by atoms with Gasteiger partial charge in [0.05, 0.1) is 19.8 Å². The van der Waals surface area contributed by atoms with Crippen LogP contribution in [0, 0.1) is 0 Å². The third-order valence-corrected chi connectivity index (χ3v) is 4.43. The van der Waals surface area contributed by atoms with E-state index in [1.807, 2.05) is 14.1 Å². The Morgan fingerprint density at radius 2 is 1.26 bits per heavy atom. The molecule has 0 aliphatic carbocycles. The zero-order valence-electron chi connectivity index (χ0n) is 23.5. The maximum Gasteiger partial charge on any atom is 0.0698 e. The SMILES string of the molecule is CN(C)CCN.COCCCN.NCCCCCN.NCCN1CCCCC1.NCCOCCO. The predicted molar refractivity (Wildman–Crippen MR) is 151 cm³/mol. The lowest BCUT2D eigenvalue weighted by Crippen LogP contribution is -2.33. The van der Waals surface area contributed by atoms with Crippen molar-refractivity contribution < 1.29 is 14.6 Å². The normalized spacial score (nSPS) is 12.8. The van der Waals surface area contributed by atoms with Crippen LogP contribution < -0.4 is 34.4 Å². The van der Waals surface area contributed by atoms with Gasteiger partial charge in [-0.2, -0.15) is 0 Å². The van der Waals surface area contributed by atoms with Gasteiger partial charge in [-0.15, -0.1) is 0 Å². The first-order chi connectivity index (χ1) is 16.9. The van der Waals surface area contributed by atoms with Crippen molar-refractivity contribution in [2.75, 3.05) is 113 Å². The number of likely N-dealkylation sites (tertiary alicyclic amines) is 1. The molecule has 0 atom stereocenters. The summed E-state index contributed by atoms with van der Waals surface area (Å²) in [5.41, 5.74) is 31.3. The number of nitrogens with zero attached hydrogens (tertiary/aromatic N) is 2. The Labute approximate surface area is 217 Å². The van der Waals surface area contributed by atoms with Crippen LogP contribution in [0.15, 0.2) is 0 Å². The standard InChI is InChI=1S/C7H16N2.C5H14N2.C4H12N2.C4H11NO2.C4H11NO/c8-4-7-9-5-2-1-3-6-9;6-4-2-1-3-5-7;1-6(2)4-3-5;5-1-3-7-4-2-6;1-6-4-2-3-5/h1-8H2;1-7H2;3-5H2,1-2H3;6H,1-5H2;2-5H2,1H3. The van der Waals surface area contributed by atoms with Crippen LogP contribution in [-0.2, 0) is 9.47 Å². The van der Waals surface area contributed by atoms with E-state index in [-0.39, 0.29) is 6.61 Å². The molecular formula is C24H64N8O3. The minimum Gasteiger partial charge on any atom is -0.394 e. The molecule has 218 valence electrons. The van der Waals surface area contributed by atoms with Gasteiger partial charge in [0.1, 0.15) is 0 Å². The summed E-state index contributed by atoms with van der Waals surface area (Å²) in [7, 11) is 5.69. The van der Waals surface area contributed by atoms with Gasteiger partial charge >= 0.3 is 0 Å². The lowest BCUT2D eigenvalue weighted by atomic mass is 10.1. The van der Waals surface area contributed by atoms with Gasteiger partial charge in [0.15, 0.2) is 0 Å². The van der Waals surface area contributed by atoms with Gasteiger partial charge in [0.25, 0.3) is 0 Å². The number of ether oxygens (including phenoxy) is 2. The topological polar surface area (TPSA) is 201 Å². The van der Waals surface area contributed by atoms with Crippen molar-refractivity contribution in [3.63, 3.8) is 0 Å². The molecule has 1 fully saturated rings. The number of rotatable bonds is 15. The first kappa shape index (κ1) is 41.7. The molecule has 0 unspecified atom stereocenters. The average Bonchev–Trinajstić information content (AvgIpc) is 2.86. The molecule has 1 heterocycles. The first-order valence-corrected chi connectivity index (χ1v) is 13.2. The molecule has 13 N–H and O–H groups in total. The Morgan fingerprint density at radius 1 is 0.686 bits per heavy atom. The molecule has 0 spiro atoms. The molecule has 0 aromatic heterocycles. The fraction of sp³-hybridized carbons (Fsp3) is 1.00. The lowest BCUT2D eigenvalue weighted by Gasteiger charge is -2.25. The molecule has 1 rings (SSSR count). The predicted octanol–water partition coefficient (Wildman–Crippen LogP) is -1.05. The second kappa shape index (κ2) is 43.6. The quantitative estimate of drug-likeness (QED) is 0.132. The van der Waals surface area contributed by atoms with Gasteiger partial charge in [-0.1, -0.05) is 12.8 Å². The number of methoxy groups -OCH3 is 1. The number of hydrogen-bond acceptors (Lipinski definition) is 11. The molecule has 0 radical (unpaired) electrons. The molecule has 0 saturated carbocycles. The van der Waals surface area contributed by atoms with E-state index in [9.17, 15) is 0 Å². The Morgan fingerprint density at radius 3 is 1.57 bits per heavy atom. The summed E-state index contributed by atoms with van der Waals surface area (Å²) in [6, 6.07) is 0. The molecule has 11 heteroatoms. The molecule has 0 aromatic rings. The molecule has 0 amide bonds. The van der Waals surface area contributed by atoms with Crippen molar-refractivity contribution >= 4 is 0 Å². The van der Waals surface area contributed by atoms with E-state index in [1.54, 1.807) is 7.11 Å². The van der Waals surface area contributed by atoms with Crippen LogP contribution in [0.3, 0.4) is 0 Å². The minimum absolute atomic E-state index is 0.0833. The van der Waals surface area contributed by atoms with Crippen molar-refractivity contribution in [1.29, 1.82) is 0 Å². The summed E-state index contributed by atoms with van der Waals surface area (Å²) >= 11 is 0. The Bertz CT molecular complexity index is 290. The van der Waals surface area contributed by atoms with Gasteiger partial charge in [0, 0.05) is 46.4 Å². The molecule has 0 bridgehead atoms. The van der Waals surface area contributed by atoms with E-state index >= 15 is 0 Å². The van der Waals surface area contributed by atoms with Gasteiger partial charge in [0.2, 0.25) is 0 Å². The Hall–Kier alpha value is -0.440. The van der Waals surface area contributed by atoms with Crippen LogP contribution in [0.4, 0.5) is 0 Å². The highest BCUT2D eigenvalue weighted by Crippen LogP contribution is 2.06. The summed E-state index contributed by atoms with van der Waals surface area (Å²) in [5.74, 6) is 0. The van der Waals surface area contributed by atoms with Gasteiger partial charge in [-0.05, 0) is 78.9 Å². The molecule has 11 nitrogen and oxygen atoms in total. The summed E-state index contributed by atoms with van der Waals surface area (Å²) < 4.78 is 9.46. The highest BCUT2D eigenvalue weighted by Gasteiger charge is 2.07. The maximum absolute atomic E-state index is 8.13. The van der Waals surface area contributed by atoms with E-state index < -0.39 is 0 Å². The number of likely N-dealkylation sites (N-methyl/N-ethyl adjacent to an activating group) is 1. The van der Waals surface area contributed by atoms with Crippen LogP contribution >= 0.6 is 0 Å². The van der Waals surface area contributed by atoms with Crippen LogP contribution in [0.2, 0.25) is 0 Å². The summed E-state index contributed by atoms with van der Waals surface area (Å²) in [5, 5.41) is 8.13. The average molecular weight is 513 g/mol. The van der Waals surface area contributed by atoms with Crippen LogP contribution in [0.5, 0.6) is 0 Å². The van der Waals surface area contributed by atoms with Crippen molar-refractivity contribution in [1.82, 2.24) is 9.80 Å². The Balaban J connectivity index is -0.000000174. The fourth-order valence-corrected chi connectivity index (χ4v) is 2.57. The molecule has 35 heavy (non-hydrogen) atoms. The maximum atomic E-state index is 8.13. The van der Waals surface area contributed by atoms with E-state index in [0.717, 1.165) is 71.7 Å².